The van der Waals surface area contributed by atoms with Gasteiger partial charge in [0.2, 0.25) is 0 Å². The average molecular weight is 284 g/mol. The molecule has 1 aliphatic rings. The van der Waals surface area contributed by atoms with Crippen LogP contribution in [0.4, 0.5) is 0 Å². The maximum Gasteiger partial charge on any atom is 0.127 e. The van der Waals surface area contributed by atoms with Gasteiger partial charge in [0.1, 0.15) is 5.75 Å². The van der Waals surface area contributed by atoms with Gasteiger partial charge in [-0.05, 0) is 23.6 Å². The zero-order valence-corrected chi connectivity index (χ0v) is 11.4. The normalized spacial score (nSPS) is 17.8. The van der Waals surface area contributed by atoms with E-state index in [9.17, 15) is 0 Å². The van der Waals surface area contributed by atoms with Crippen molar-refractivity contribution < 1.29 is 4.74 Å². The molecule has 1 aromatic carbocycles. The largest absolute Gasteiger partial charge is 0.493 e. The molecule has 88 valence electrons. The summed E-state index contributed by atoms with van der Waals surface area (Å²) in [6, 6.07) is 4.30. The molecule has 0 saturated carbocycles. The molecule has 2 rings (SSSR count). The zero-order valence-electron chi connectivity index (χ0n) is 9.79. The van der Waals surface area contributed by atoms with Crippen molar-refractivity contribution in [3.63, 3.8) is 0 Å². The fourth-order valence-corrected chi connectivity index (χ4v) is 2.63. The molecule has 1 heterocycles. The minimum atomic E-state index is 0.0642. The number of halogens is 1. The standard InChI is InChI=1S/C13H18BrNO/c1-3-8(2)12(15)11-7-10(14)6-9-4-5-16-13(9)11/h6-8,12H,3-5,15H2,1-2H3. The summed E-state index contributed by atoms with van der Waals surface area (Å²) in [6.07, 6.45) is 2.08. The van der Waals surface area contributed by atoms with E-state index in [1.165, 1.54) is 5.56 Å². The van der Waals surface area contributed by atoms with E-state index in [0.29, 0.717) is 5.92 Å². The maximum atomic E-state index is 6.29. The van der Waals surface area contributed by atoms with E-state index in [1.54, 1.807) is 0 Å². The van der Waals surface area contributed by atoms with Gasteiger partial charge in [0.05, 0.1) is 6.61 Å². The van der Waals surface area contributed by atoms with Gasteiger partial charge in [-0.2, -0.15) is 0 Å². The second-order valence-electron chi connectivity index (χ2n) is 4.49. The number of rotatable bonds is 3. The van der Waals surface area contributed by atoms with E-state index in [0.717, 1.165) is 35.2 Å². The van der Waals surface area contributed by atoms with Gasteiger partial charge in [-0.3, -0.25) is 0 Å². The molecule has 0 bridgehead atoms. The lowest BCUT2D eigenvalue weighted by atomic mass is 9.91. The molecule has 1 aromatic rings. The molecule has 1 aliphatic heterocycles. The molecule has 0 aromatic heterocycles. The van der Waals surface area contributed by atoms with Gasteiger partial charge in [-0.15, -0.1) is 0 Å². The maximum absolute atomic E-state index is 6.29. The summed E-state index contributed by atoms with van der Waals surface area (Å²) < 4.78 is 6.80. The van der Waals surface area contributed by atoms with Crippen LogP contribution in [-0.2, 0) is 6.42 Å². The quantitative estimate of drug-likeness (QED) is 0.923. The smallest absolute Gasteiger partial charge is 0.127 e. The van der Waals surface area contributed by atoms with Gasteiger partial charge < -0.3 is 10.5 Å². The Kier molecular flexibility index (Phi) is 3.55. The Hall–Kier alpha value is -0.540. The molecule has 0 amide bonds. The topological polar surface area (TPSA) is 35.2 Å². The molecule has 2 atom stereocenters. The molecule has 2 nitrogen and oxygen atoms in total. The molecule has 0 aliphatic carbocycles. The summed E-state index contributed by atoms with van der Waals surface area (Å²) in [6.45, 7) is 5.14. The molecule has 2 unspecified atom stereocenters. The second-order valence-corrected chi connectivity index (χ2v) is 5.41. The van der Waals surface area contributed by atoms with E-state index >= 15 is 0 Å². The lowest BCUT2D eigenvalue weighted by Crippen LogP contribution is -2.19. The highest BCUT2D eigenvalue weighted by Gasteiger charge is 2.23. The molecule has 0 spiro atoms. The minimum Gasteiger partial charge on any atom is -0.493 e. The molecule has 0 fully saturated rings. The van der Waals surface area contributed by atoms with Gasteiger partial charge in [0, 0.05) is 22.5 Å². The van der Waals surface area contributed by atoms with Crippen LogP contribution in [0.2, 0.25) is 0 Å². The zero-order chi connectivity index (χ0) is 11.7. The van der Waals surface area contributed by atoms with Crippen LogP contribution in [0.25, 0.3) is 0 Å². The predicted molar refractivity (Wildman–Crippen MR) is 69.7 cm³/mol. The Morgan fingerprint density at radius 1 is 1.50 bits per heavy atom. The van der Waals surface area contributed by atoms with Crippen molar-refractivity contribution in [1.82, 2.24) is 0 Å². The van der Waals surface area contributed by atoms with Crippen LogP contribution < -0.4 is 10.5 Å². The number of hydrogen-bond donors (Lipinski definition) is 1. The highest BCUT2D eigenvalue weighted by Crippen LogP contribution is 2.38. The van der Waals surface area contributed by atoms with Gasteiger partial charge in [0.15, 0.2) is 0 Å². The summed E-state index contributed by atoms with van der Waals surface area (Å²) in [5.41, 5.74) is 8.72. The number of hydrogen-bond acceptors (Lipinski definition) is 2. The Morgan fingerprint density at radius 3 is 2.94 bits per heavy atom. The Morgan fingerprint density at radius 2 is 2.25 bits per heavy atom. The SMILES string of the molecule is CCC(C)C(N)c1cc(Br)cc2c1OCC2. The number of fused-ring (bicyclic) bond motifs is 1. The van der Waals surface area contributed by atoms with E-state index in [-0.39, 0.29) is 6.04 Å². The predicted octanol–water partition coefficient (Wildman–Crippen LogP) is 3.43. The minimum absolute atomic E-state index is 0.0642. The average Bonchev–Trinajstić information content (AvgIpc) is 2.73. The van der Waals surface area contributed by atoms with Crippen molar-refractivity contribution in [3.05, 3.63) is 27.7 Å². The van der Waals surface area contributed by atoms with Crippen molar-refractivity contribution in [3.8, 4) is 5.75 Å². The highest BCUT2D eigenvalue weighted by atomic mass is 79.9. The second kappa shape index (κ2) is 4.76. The summed E-state index contributed by atoms with van der Waals surface area (Å²) in [7, 11) is 0. The van der Waals surface area contributed by atoms with Gasteiger partial charge in [0.25, 0.3) is 0 Å². The molecule has 16 heavy (non-hydrogen) atoms. The van der Waals surface area contributed by atoms with Crippen LogP contribution in [0.3, 0.4) is 0 Å². The van der Waals surface area contributed by atoms with Crippen molar-refractivity contribution >= 4 is 15.9 Å². The third-order valence-electron chi connectivity index (χ3n) is 3.39. The third-order valence-corrected chi connectivity index (χ3v) is 3.85. The van der Waals surface area contributed by atoms with E-state index in [1.807, 2.05) is 0 Å². The van der Waals surface area contributed by atoms with Gasteiger partial charge in [-0.25, -0.2) is 0 Å². The van der Waals surface area contributed by atoms with Crippen LogP contribution in [-0.4, -0.2) is 6.61 Å². The van der Waals surface area contributed by atoms with E-state index in [2.05, 4.69) is 41.9 Å². The number of ether oxygens (including phenoxy) is 1. The van der Waals surface area contributed by atoms with Gasteiger partial charge >= 0.3 is 0 Å². The highest BCUT2D eigenvalue weighted by molar-refractivity contribution is 9.10. The number of nitrogens with two attached hydrogens (primary N) is 1. The fraction of sp³-hybridized carbons (Fsp3) is 0.538. The molecule has 2 N–H and O–H groups in total. The Bertz CT molecular complexity index is 392. The number of benzene rings is 1. The molecular formula is C13H18BrNO. The van der Waals surface area contributed by atoms with E-state index < -0.39 is 0 Å². The van der Waals surface area contributed by atoms with Crippen LogP contribution >= 0.6 is 15.9 Å². The van der Waals surface area contributed by atoms with E-state index in [4.69, 9.17) is 10.5 Å². The first-order valence-electron chi connectivity index (χ1n) is 5.84. The summed E-state index contributed by atoms with van der Waals surface area (Å²) in [4.78, 5) is 0. The fourth-order valence-electron chi connectivity index (χ4n) is 2.11. The lowest BCUT2D eigenvalue weighted by Gasteiger charge is -2.21. The molecule has 0 radical (unpaired) electrons. The van der Waals surface area contributed by atoms with Crippen LogP contribution in [0, 0.1) is 5.92 Å². The first-order chi connectivity index (χ1) is 7.63. The van der Waals surface area contributed by atoms with Crippen molar-refractivity contribution in [1.29, 1.82) is 0 Å². The first-order valence-corrected chi connectivity index (χ1v) is 6.63. The van der Waals surface area contributed by atoms with Crippen molar-refractivity contribution in [2.45, 2.75) is 32.7 Å². The Labute approximate surface area is 105 Å². The van der Waals surface area contributed by atoms with Crippen LogP contribution in [0.5, 0.6) is 5.75 Å². The van der Waals surface area contributed by atoms with Crippen molar-refractivity contribution in [2.75, 3.05) is 6.61 Å². The van der Waals surface area contributed by atoms with Crippen LogP contribution in [0.15, 0.2) is 16.6 Å². The first kappa shape index (κ1) is 11.9. The summed E-state index contributed by atoms with van der Waals surface area (Å²) in [5, 5.41) is 0. The molecule has 3 heteroatoms. The lowest BCUT2D eigenvalue weighted by molar-refractivity contribution is 0.344. The summed E-state index contributed by atoms with van der Waals surface area (Å²) in [5.74, 6) is 1.50. The third kappa shape index (κ3) is 2.11. The Balaban J connectivity index is 2.40. The van der Waals surface area contributed by atoms with Crippen molar-refractivity contribution in [2.24, 2.45) is 11.7 Å². The summed E-state index contributed by atoms with van der Waals surface area (Å²) >= 11 is 3.54. The van der Waals surface area contributed by atoms with Crippen LogP contribution in [0.1, 0.15) is 37.4 Å². The molecular weight excluding hydrogens is 266 g/mol. The van der Waals surface area contributed by atoms with Gasteiger partial charge in [-0.1, -0.05) is 36.2 Å². The molecule has 0 saturated heterocycles. The monoisotopic (exact) mass is 283 g/mol.